The molecular weight excluding hydrogens is 236 g/mol. The molecule has 1 aromatic heterocycles. The highest BCUT2D eigenvalue weighted by atomic mass is 16.3. The van der Waals surface area contributed by atoms with Crippen LogP contribution in [0.15, 0.2) is 28.7 Å². The van der Waals surface area contributed by atoms with Gasteiger partial charge >= 0.3 is 0 Å². The van der Waals surface area contributed by atoms with Gasteiger partial charge in [-0.1, -0.05) is 18.2 Å². The number of nitrogens with zero attached hydrogens (tertiary/aromatic N) is 2. The third-order valence-electron chi connectivity index (χ3n) is 4.33. The minimum Gasteiger partial charge on any atom is -0.459 e. The Morgan fingerprint density at radius 3 is 2.84 bits per heavy atom. The van der Waals surface area contributed by atoms with E-state index in [1.165, 1.54) is 23.9 Å². The van der Waals surface area contributed by atoms with E-state index >= 15 is 0 Å². The second-order valence-corrected chi connectivity index (χ2v) is 5.77. The molecule has 1 aromatic carbocycles. The van der Waals surface area contributed by atoms with E-state index in [-0.39, 0.29) is 0 Å². The molecule has 0 amide bonds. The zero-order valence-electron chi connectivity index (χ0n) is 12.0. The maximum atomic E-state index is 6.00. The molecule has 1 aliphatic heterocycles. The maximum absolute atomic E-state index is 6.00. The highest BCUT2D eigenvalue weighted by molar-refractivity contribution is 5.81. The van der Waals surface area contributed by atoms with E-state index in [2.05, 4.69) is 49.0 Å². The maximum Gasteiger partial charge on any atom is 0.134 e. The number of para-hydroxylation sites is 1. The lowest BCUT2D eigenvalue weighted by molar-refractivity contribution is 0.218. The molecule has 0 aliphatic carbocycles. The fourth-order valence-electron chi connectivity index (χ4n) is 3.00. The lowest BCUT2D eigenvalue weighted by atomic mass is 10.1. The van der Waals surface area contributed by atoms with Gasteiger partial charge in [0.25, 0.3) is 0 Å². The second kappa shape index (κ2) is 4.99. The van der Waals surface area contributed by atoms with Crippen LogP contribution in [0.3, 0.4) is 0 Å². The molecule has 1 fully saturated rings. The Balaban J connectivity index is 1.79. The van der Waals surface area contributed by atoms with Crippen LogP contribution >= 0.6 is 0 Å². The van der Waals surface area contributed by atoms with E-state index in [1.807, 2.05) is 6.07 Å². The summed E-state index contributed by atoms with van der Waals surface area (Å²) in [5.74, 6) is 1.11. The van der Waals surface area contributed by atoms with Crippen LogP contribution in [0.25, 0.3) is 11.0 Å². The SMILES string of the molecule is Cc1c(CN(C)[C@@H]2CCN(C)C2)oc2ccccc12. The first kappa shape index (κ1) is 12.7. The van der Waals surface area contributed by atoms with Gasteiger partial charge in [-0.25, -0.2) is 0 Å². The Morgan fingerprint density at radius 1 is 1.37 bits per heavy atom. The molecule has 0 N–H and O–H groups in total. The van der Waals surface area contributed by atoms with Gasteiger partial charge in [-0.3, -0.25) is 4.90 Å². The molecular formula is C16H22N2O. The first-order valence-corrected chi connectivity index (χ1v) is 7.01. The van der Waals surface area contributed by atoms with Gasteiger partial charge in [0, 0.05) is 18.0 Å². The molecule has 2 heterocycles. The van der Waals surface area contributed by atoms with Crippen molar-refractivity contribution in [2.45, 2.75) is 25.9 Å². The average molecular weight is 258 g/mol. The molecule has 0 spiro atoms. The highest BCUT2D eigenvalue weighted by Gasteiger charge is 2.24. The number of fused-ring (bicyclic) bond motifs is 1. The Kier molecular flexibility index (Phi) is 3.33. The van der Waals surface area contributed by atoms with Crippen LogP contribution in [0.5, 0.6) is 0 Å². The van der Waals surface area contributed by atoms with Crippen LogP contribution in [0.1, 0.15) is 17.7 Å². The van der Waals surface area contributed by atoms with E-state index in [9.17, 15) is 0 Å². The van der Waals surface area contributed by atoms with Crippen molar-refractivity contribution in [1.82, 2.24) is 9.80 Å². The molecule has 19 heavy (non-hydrogen) atoms. The predicted octanol–water partition coefficient (Wildman–Crippen LogP) is 2.88. The molecule has 0 bridgehead atoms. The van der Waals surface area contributed by atoms with Crippen LogP contribution in [0.2, 0.25) is 0 Å². The zero-order chi connectivity index (χ0) is 13.4. The first-order chi connectivity index (χ1) is 9.15. The second-order valence-electron chi connectivity index (χ2n) is 5.77. The third-order valence-corrected chi connectivity index (χ3v) is 4.33. The summed E-state index contributed by atoms with van der Waals surface area (Å²) in [4.78, 5) is 4.82. The molecule has 1 aliphatic rings. The smallest absolute Gasteiger partial charge is 0.134 e. The van der Waals surface area contributed by atoms with Crippen LogP contribution in [0.4, 0.5) is 0 Å². The monoisotopic (exact) mass is 258 g/mol. The van der Waals surface area contributed by atoms with E-state index in [0.29, 0.717) is 6.04 Å². The summed E-state index contributed by atoms with van der Waals surface area (Å²) in [7, 11) is 4.40. The molecule has 1 saturated heterocycles. The van der Waals surface area contributed by atoms with Crippen molar-refractivity contribution in [3.05, 3.63) is 35.6 Å². The number of furan rings is 1. The van der Waals surface area contributed by atoms with Gasteiger partial charge in [-0.2, -0.15) is 0 Å². The molecule has 3 heteroatoms. The standard InChI is InChI=1S/C16H22N2O/c1-12-14-6-4-5-7-15(14)19-16(12)11-18(3)13-8-9-17(2)10-13/h4-7,13H,8-11H2,1-3H3/t13-/m1/s1. The number of aryl methyl sites for hydroxylation is 1. The molecule has 1 atom stereocenters. The molecule has 2 aromatic rings. The van der Waals surface area contributed by atoms with Crippen LogP contribution < -0.4 is 0 Å². The molecule has 3 nitrogen and oxygen atoms in total. The molecule has 0 saturated carbocycles. The summed E-state index contributed by atoms with van der Waals surface area (Å²) in [6, 6.07) is 8.95. The average Bonchev–Trinajstić information content (AvgIpc) is 2.96. The van der Waals surface area contributed by atoms with Gasteiger partial charge in [0.15, 0.2) is 0 Å². The lowest BCUT2D eigenvalue weighted by Crippen LogP contribution is -2.33. The largest absolute Gasteiger partial charge is 0.459 e. The first-order valence-electron chi connectivity index (χ1n) is 7.01. The highest BCUT2D eigenvalue weighted by Crippen LogP contribution is 2.26. The van der Waals surface area contributed by atoms with E-state index < -0.39 is 0 Å². The summed E-state index contributed by atoms with van der Waals surface area (Å²) in [5, 5.41) is 1.24. The Morgan fingerprint density at radius 2 is 2.16 bits per heavy atom. The number of hydrogen-bond acceptors (Lipinski definition) is 3. The normalized spacial score (nSPS) is 20.7. The van der Waals surface area contributed by atoms with Gasteiger partial charge in [-0.15, -0.1) is 0 Å². The molecule has 0 unspecified atom stereocenters. The van der Waals surface area contributed by atoms with Crippen molar-refractivity contribution in [2.24, 2.45) is 0 Å². The van der Waals surface area contributed by atoms with E-state index in [1.54, 1.807) is 0 Å². The van der Waals surface area contributed by atoms with Crippen molar-refractivity contribution < 1.29 is 4.42 Å². The van der Waals surface area contributed by atoms with Crippen molar-refractivity contribution >= 4 is 11.0 Å². The van der Waals surface area contributed by atoms with Crippen LogP contribution in [0, 0.1) is 6.92 Å². The summed E-state index contributed by atoms with van der Waals surface area (Å²) in [6.07, 6.45) is 1.26. The van der Waals surface area contributed by atoms with Gasteiger partial charge in [0.1, 0.15) is 11.3 Å². The zero-order valence-corrected chi connectivity index (χ0v) is 12.0. The topological polar surface area (TPSA) is 19.6 Å². The Hall–Kier alpha value is -1.32. The predicted molar refractivity (Wildman–Crippen MR) is 78.3 cm³/mol. The van der Waals surface area contributed by atoms with Crippen molar-refractivity contribution in [1.29, 1.82) is 0 Å². The fraction of sp³-hybridized carbons (Fsp3) is 0.500. The van der Waals surface area contributed by atoms with Crippen molar-refractivity contribution in [3.63, 3.8) is 0 Å². The molecule has 102 valence electrons. The number of benzene rings is 1. The van der Waals surface area contributed by atoms with E-state index in [0.717, 1.165) is 24.4 Å². The number of likely N-dealkylation sites (tertiary alicyclic amines) is 1. The number of likely N-dealkylation sites (N-methyl/N-ethyl adjacent to an activating group) is 2. The third kappa shape index (κ3) is 2.40. The van der Waals surface area contributed by atoms with Crippen LogP contribution in [-0.2, 0) is 6.54 Å². The summed E-state index contributed by atoms with van der Waals surface area (Å²) in [6.45, 7) is 5.43. The number of rotatable bonds is 3. The quantitative estimate of drug-likeness (QED) is 0.844. The van der Waals surface area contributed by atoms with Gasteiger partial charge < -0.3 is 9.32 Å². The van der Waals surface area contributed by atoms with E-state index in [4.69, 9.17) is 4.42 Å². The van der Waals surface area contributed by atoms with Crippen molar-refractivity contribution in [2.75, 3.05) is 27.2 Å². The van der Waals surface area contributed by atoms with Crippen molar-refractivity contribution in [3.8, 4) is 0 Å². The Bertz CT molecular complexity index is 575. The summed E-state index contributed by atoms with van der Waals surface area (Å²) >= 11 is 0. The van der Waals surface area contributed by atoms with Crippen LogP contribution in [-0.4, -0.2) is 43.0 Å². The van der Waals surface area contributed by atoms with Gasteiger partial charge in [-0.05, 0) is 45.6 Å². The minimum absolute atomic E-state index is 0.651. The summed E-state index contributed by atoms with van der Waals surface area (Å²) < 4.78 is 6.00. The Labute approximate surface area is 114 Å². The lowest BCUT2D eigenvalue weighted by Gasteiger charge is -2.23. The minimum atomic E-state index is 0.651. The molecule has 0 radical (unpaired) electrons. The summed E-state index contributed by atoms with van der Waals surface area (Å²) in [5.41, 5.74) is 2.29. The molecule has 3 rings (SSSR count). The number of hydrogen-bond donors (Lipinski definition) is 0. The fourth-order valence-corrected chi connectivity index (χ4v) is 3.00. The van der Waals surface area contributed by atoms with Gasteiger partial charge in [0.2, 0.25) is 0 Å². The van der Waals surface area contributed by atoms with Gasteiger partial charge in [0.05, 0.1) is 6.54 Å².